The van der Waals surface area contributed by atoms with Gasteiger partial charge in [0.25, 0.3) is 0 Å². The molecule has 0 aliphatic rings. The first kappa shape index (κ1) is 7.65. The molecule has 0 fully saturated rings. The Morgan fingerprint density at radius 1 is 1.88 bits per heavy atom. The molecule has 0 radical (unpaired) electrons. The number of hydrazine groups is 1. The van der Waals surface area contributed by atoms with E-state index in [9.17, 15) is 0 Å². The molecular formula is C4H11N3S. The van der Waals surface area contributed by atoms with Gasteiger partial charge in [0, 0.05) is 13.6 Å². The highest BCUT2D eigenvalue weighted by molar-refractivity contribution is 7.80. The predicted molar refractivity (Wildman–Crippen MR) is 38.2 cm³/mol. The third-order valence-corrected chi connectivity index (χ3v) is 1.37. The Bertz CT molecular complexity index is 83.4. The molecule has 3 N–H and O–H groups in total. The average Bonchev–Trinajstić information content (AvgIpc) is 1.84. The molecule has 0 bridgehead atoms. The van der Waals surface area contributed by atoms with Crippen molar-refractivity contribution in [1.29, 1.82) is 0 Å². The van der Waals surface area contributed by atoms with Crippen molar-refractivity contribution in [1.82, 2.24) is 10.3 Å². The van der Waals surface area contributed by atoms with Gasteiger partial charge in [0.2, 0.25) is 0 Å². The highest BCUT2D eigenvalue weighted by atomic mass is 32.1. The minimum atomic E-state index is 0.576. The van der Waals surface area contributed by atoms with Crippen molar-refractivity contribution < 1.29 is 0 Å². The Kier molecular flexibility index (Phi) is 3.47. The molecule has 0 saturated carbocycles. The molecule has 0 aromatic carbocycles. The number of rotatable bonds is 1. The Hall–Kier alpha value is -0.350. The molecule has 0 spiro atoms. The van der Waals surface area contributed by atoms with Crippen LogP contribution in [0, 0.1) is 0 Å². The lowest BCUT2D eigenvalue weighted by Gasteiger charge is -2.15. The van der Waals surface area contributed by atoms with Gasteiger partial charge < -0.3 is 10.3 Å². The summed E-state index contributed by atoms with van der Waals surface area (Å²) in [5.41, 5.74) is 2.37. The zero-order chi connectivity index (χ0) is 6.57. The van der Waals surface area contributed by atoms with Crippen LogP contribution in [0.4, 0.5) is 0 Å². The second-order valence-electron chi connectivity index (χ2n) is 1.46. The van der Waals surface area contributed by atoms with Crippen molar-refractivity contribution in [3.05, 3.63) is 0 Å². The molecule has 0 rings (SSSR count). The lowest BCUT2D eigenvalue weighted by molar-refractivity contribution is 0.524. The zero-order valence-electron chi connectivity index (χ0n) is 5.14. The van der Waals surface area contributed by atoms with E-state index < -0.39 is 0 Å². The maximum absolute atomic E-state index is 5.02. The van der Waals surface area contributed by atoms with Crippen molar-refractivity contribution in [2.24, 2.45) is 5.84 Å². The zero-order valence-corrected chi connectivity index (χ0v) is 5.96. The quantitative estimate of drug-likeness (QED) is 0.292. The number of hydrogen-bond acceptors (Lipinski definition) is 2. The van der Waals surface area contributed by atoms with E-state index in [1.54, 1.807) is 0 Å². The summed E-state index contributed by atoms with van der Waals surface area (Å²) < 4.78 is 0. The lowest BCUT2D eigenvalue weighted by atomic mass is 10.7. The summed E-state index contributed by atoms with van der Waals surface area (Å²) in [5, 5.41) is 0.576. The smallest absolute Gasteiger partial charge is 0.182 e. The van der Waals surface area contributed by atoms with Gasteiger partial charge in [-0.25, -0.2) is 5.84 Å². The van der Waals surface area contributed by atoms with Crippen LogP contribution in [0.25, 0.3) is 0 Å². The van der Waals surface area contributed by atoms with Crippen LogP contribution >= 0.6 is 12.2 Å². The van der Waals surface area contributed by atoms with Gasteiger partial charge in [-0.3, -0.25) is 0 Å². The Morgan fingerprint density at radius 2 is 2.38 bits per heavy atom. The minimum absolute atomic E-state index is 0.576. The van der Waals surface area contributed by atoms with Crippen molar-refractivity contribution in [3.63, 3.8) is 0 Å². The number of nitrogens with two attached hydrogens (primary N) is 1. The molecule has 4 heteroatoms. The SMILES string of the molecule is CCN(C)C(=S)NN. The topological polar surface area (TPSA) is 41.3 Å². The van der Waals surface area contributed by atoms with Crippen LogP contribution in [0.15, 0.2) is 0 Å². The van der Waals surface area contributed by atoms with Gasteiger partial charge in [0.1, 0.15) is 0 Å². The normalized spacial score (nSPS) is 8.38. The van der Waals surface area contributed by atoms with Crippen molar-refractivity contribution >= 4 is 17.3 Å². The van der Waals surface area contributed by atoms with E-state index in [-0.39, 0.29) is 0 Å². The fourth-order valence-corrected chi connectivity index (χ4v) is 0.383. The fourth-order valence-electron chi connectivity index (χ4n) is 0.254. The molecule has 0 aromatic heterocycles. The summed E-state index contributed by atoms with van der Waals surface area (Å²) in [6.45, 7) is 2.88. The molecular weight excluding hydrogens is 122 g/mol. The summed E-state index contributed by atoms with van der Waals surface area (Å²) in [6, 6.07) is 0. The summed E-state index contributed by atoms with van der Waals surface area (Å²) >= 11 is 4.77. The highest BCUT2D eigenvalue weighted by Crippen LogP contribution is 1.79. The van der Waals surface area contributed by atoms with Crippen LogP contribution in [0.2, 0.25) is 0 Å². The van der Waals surface area contributed by atoms with E-state index in [4.69, 9.17) is 18.1 Å². The third kappa shape index (κ3) is 2.09. The van der Waals surface area contributed by atoms with Crippen LogP contribution in [-0.4, -0.2) is 23.6 Å². The number of nitrogens with zero attached hydrogens (tertiary/aromatic N) is 1. The second-order valence-corrected chi connectivity index (χ2v) is 1.85. The molecule has 0 aliphatic carbocycles. The molecule has 48 valence electrons. The molecule has 0 unspecified atom stereocenters. The van der Waals surface area contributed by atoms with Gasteiger partial charge in [-0.05, 0) is 19.1 Å². The van der Waals surface area contributed by atoms with Crippen LogP contribution in [0.1, 0.15) is 6.92 Å². The van der Waals surface area contributed by atoms with Crippen molar-refractivity contribution in [2.45, 2.75) is 6.92 Å². The summed E-state index contributed by atoms with van der Waals surface area (Å²) in [4.78, 5) is 1.84. The first-order valence-corrected chi connectivity index (χ1v) is 2.85. The summed E-state index contributed by atoms with van der Waals surface area (Å²) in [6.07, 6.45) is 0. The van der Waals surface area contributed by atoms with Gasteiger partial charge in [0.05, 0.1) is 0 Å². The van der Waals surface area contributed by atoms with Crippen LogP contribution in [0.5, 0.6) is 0 Å². The molecule has 0 atom stereocenters. The molecule has 0 amide bonds. The molecule has 0 saturated heterocycles. The van der Waals surface area contributed by atoms with Gasteiger partial charge in [-0.15, -0.1) is 0 Å². The van der Waals surface area contributed by atoms with E-state index in [2.05, 4.69) is 5.43 Å². The van der Waals surface area contributed by atoms with Gasteiger partial charge in [0.15, 0.2) is 5.11 Å². The van der Waals surface area contributed by atoms with Gasteiger partial charge in [-0.1, -0.05) is 0 Å². The molecule has 8 heavy (non-hydrogen) atoms. The maximum atomic E-state index is 5.02. The number of hydrogen-bond donors (Lipinski definition) is 2. The van der Waals surface area contributed by atoms with E-state index in [1.165, 1.54) is 0 Å². The Morgan fingerprint density at radius 3 is 2.50 bits per heavy atom. The van der Waals surface area contributed by atoms with Gasteiger partial charge in [-0.2, -0.15) is 0 Å². The standard InChI is InChI=1S/C4H11N3S/c1-3-7(2)4(8)6-5/h3,5H2,1-2H3,(H,6,8). The summed E-state index contributed by atoms with van der Waals surface area (Å²) in [7, 11) is 1.88. The maximum Gasteiger partial charge on any atom is 0.182 e. The minimum Gasteiger partial charge on any atom is -0.352 e. The monoisotopic (exact) mass is 133 g/mol. The van der Waals surface area contributed by atoms with E-state index in [0.717, 1.165) is 6.54 Å². The fraction of sp³-hybridized carbons (Fsp3) is 0.750. The van der Waals surface area contributed by atoms with Gasteiger partial charge >= 0.3 is 0 Å². The average molecular weight is 133 g/mol. The van der Waals surface area contributed by atoms with Crippen molar-refractivity contribution in [2.75, 3.05) is 13.6 Å². The van der Waals surface area contributed by atoms with Crippen LogP contribution in [0.3, 0.4) is 0 Å². The predicted octanol–water partition coefficient (Wildman–Crippen LogP) is -0.314. The highest BCUT2D eigenvalue weighted by Gasteiger charge is 1.94. The van der Waals surface area contributed by atoms with Crippen molar-refractivity contribution in [3.8, 4) is 0 Å². The van der Waals surface area contributed by atoms with E-state index in [0.29, 0.717) is 5.11 Å². The molecule has 0 aliphatic heterocycles. The Balaban J connectivity index is 3.46. The molecule has 0 aromatic rings. The first-order valence-electron chi connectivity index (χ1n) is 2.44. The molecule has 3 nitrogen and oxygen atoms in total. The number of nitrogens with one attached hydrogen (secondary N) is 1. The van der Waals surface area contributed by atoms with E-state index in [1.807, 2.05) is 18.9 Å². The summed E-state index contributed by atoms with van der Waals surface area (Å²) in [5.74, 6) is 5.02. The molecule has 0 heterocycles. The Labute approximate surface area is 54.8 Å². The lowest BCUT2D eigenvalue weighted by Crippen LogP contribution is -2.40. The third-order valence-electron chi connectivity index (χ3n) is 0.945. The largest absolute Gasteiger partial charge is 0.352 e. The van der Waals surface area contributed by atoms with E-state index >= 15 is 0 Å². The second kappa shape index (κ2) is 3.63. The number of thiocarbonyl (C=S) groups is 1. The van der Waals surface area contributed by atoms with Crippen LogP contribution in [-0.2, 0) is 0 Å². The first-order chi connectivity index (χ1) is 3.72. The van der Waals surface area contributed by atoms with Crippen LogP contribution < -0.4 is 11.3 Å².